The Kier molecular flexibility index (Phi) is 8.24. The van der Waals surface area contributed by atoms with Crippen molar-refractivity contribution in [3.05, 3.63) is 18.0 Å². The summed E-state index contributed by atoms with van der Waals surface area (Å²) in [5.74, 6) is 1.81. The first kappa shape index (κ1) is 25.0. The van der Waals surface area contributed by atoms with Crippen molar-refractivity contribution in [3.63, 3.8) is 0 Å². The molecule has 0 atom stereocenters. The number of nitrogens with zero attached hydrogens (tertiary/aromatic N) is 2. The van der Waals surface area contributed by atoms with Gasteiger partial charge in [-0.2, -0.15) is 18.3 Å². The van der Waals surface area contributed by atoms with E-state index in [1.54, 1.807) is 13.8 Å². The maximum atomic E-state index is 12.1. The van der Waals surface area contributed by atoms with E-state index < -0.39 is 11.6 Å². The summed E-state index contributed by atoms with van der Waals surface area (Å²) in [5, 5.41) is 4.50. The van der Waals surface area contributed by atoms with Gasteiger partial charge in [0.1, 0.15) is 0 Å². The fourth-order valence-electron chi connectivity index (χ4n) is 3.11. The summed E-state index contributed by atoms with van der Waals surface area (Å²) in [6.45, 7) is 18.7. The molecule has 2 fully saturated rings. The molecule has 28 heavy (non-hydrogen) atoms. The minimum absolute atomic E-state index is 0.167. The molecule has 0 aliphatic heterocycles. The smallest absolute Gasteiger partial charge is 0.270 e. The Bertz CT molecular complexity index is 584. The topological polar surface area (TPSA) is 17.8 Å². The summed E-state index contributed by atoms with van der Waals surface area (Å²) in [7, 11) is 0. The molecule has 2 aliphatic rings. The van der Waals surface area contributed by atoms with Crippen LogP contribution in [-0.2, 0) is 5.41 Å². The van der Waals surface area contributed by atoms with Gasteiger partial charge in [0.2, 0.25) is 0 Å². The first-order chi connectivity index (χ1) is 12.6. The third kappa shape index (κ3) is 7.11. The largest absolute Gasteiger partial charge is 0.394 e. The van der Waals surface area contributed by atoms with Gasteiger partial charge in [-0.1, -0.05) is 48.5 Å². The molecule has 0 bridgehead atoms. The number of hydrogen-bond donors (Lipinski definition) is 0. The predicted octanol–water partition coefficient (Wildman–Crippen LogP) is 7.80. The standard InChI is InChI=1S/C10H18N2.C7H11F3.C6H12/c1-8(2)12-7-6-9(11-12)10(3,4)5;1-5(2)6(3-4-6)7(8,9)10;1-5(2)6-3-4-6/h6-8H,1-5H3;5H,3-4H2,1-2H3;5-6H,3-4H2,1-2H3. The SMILES string of the molecule is CC(C)C1(C(F)(F)F)CC1.CC(C)C1CC1.CC(C)n1ccc(C(C)(C)C)n1. The first-order valence-corrected chi connectivity index (χ1v) is 10.7. The van der Waals surface area contributed by atoms with Gasteiger partial charge in [0.15, 0.2) is 0 Å². The van der Waals surface area contributed by atoms with Crippen LogP contribution in [0.5, 0.6) is 0 Å². The number of hydrogen-bond acceptors (Lipinski definition) is 1. The van der Waals surface area contributed by atoms with Crippen molar-refractivity contribution >= 4 is 0 Å². The average Bonchev–Trinajstić information content (AvgIpc) is 3.42. The second-order valence-electron chi connectivity index (χ2n) is 10.4. The summed E-state index contributed by atoms with van der Waals surface area (Å²) < 4.78 is 38.4. The molecule has 3 rings (SSSR count). The van der Waals surface area contributed by atoms with Crippen molar-refractivity contribution in [2.24, 2.45) is 23.2 Å². The number of aromatic nitrogens is 2. The molecule has 2 saturated carbocycles. The monoisotopic (exact) mass is 402 g/mol. The molecule has 0 N–H and O–H groups in total. The van der Waals surface area contributed by atoms with Gasteiger partial charge in [0, 0.05) is 17.7 Å². The van der Waals surface area contributed by atoms with Crippen molar-refractivity contribution < 1.29 is 13.2 Å². The lowest BCUT2D eigenvalue weighted by Crippen LogP contribution is -2.29. The summed E-state index contributed by atoms with van der Waals surface area (Å²) >= 11 is 0. The Hall–Kier alpha value is -1.00. The number of halogens is 3. The first-order valence-electron chi connectivity index (χ1n) is 10.7. The van der Waals surface area contributed by atoms with Gasteiger partial charge in [-0.15, -0.1) is 0 Å². The lowest BCUT2D eigenvalue weighted by molar-refractivity contribution is -0.199. The van der Waals surface area contributed by atoms with Crippen LogP contribution in [0.1, 0.15) is 99.7 Å². The minimum Gasteiger partial charge on any atom is -0.270 e. The van der Waals surface area contributed by atoms with Gasteiger partial charge in [0.25, 0.3) is 0 Å². The molecule has 0 aromatic carbocycles. The third-order valence-corrected chi connectivity index (χ3v) is 5.93. The second-order valence-corrected chi connectivity index (χ2v) is 10.4. The van der Waals surface area contributed by atoms with E-state index in [1.807, 2.05) is 10.9 Å². The lowest BCUT2D eigenvalue weighted by atomic mass is 9.92. The Labute approximate surface area is 170 Å². The van der Waals surface area contributed by atoms with Gasteiger partial charge in [-0.25, -0.2) is 0 Å². The molecule has 0 saturated heterocycles. The van der Waals surface area contributed by atoms with E-state index in [9.17, 15) is 13.2 Å². The van der Waals surface area contributed by atoms with Crippen LogP contribution in [0.2, 0.25) is 0 Å². The van der Waals surface area contributed by atoms with Crippen molar-refractivity contribution in [1.82, 2.24) is 9.78 Å². The predicted molar refractivity (Wildman–Crippen MR) is 111 cm³/mol. The van der Waals surface area contributed by atoms with E-state index in [1.165, 1.54) is 12.8 Å². The summed E-state index contributed by atoms with van der Waals surface area (Å²) in [6, 6.07) is 2.56. The Morgan fingerprint density at radius 1 is 1.00 bits per heavy atom. The molecule has 2 nitrogen and oxygen atoms in total. The molecular formula is C23H41F3N2. The summed E-state index contributed by atoms with van der Waals surface area (Å²) in [4.78, 5) is 0. The highest BCUT2D eigenvalue weighted by atomic mass is 19.4. The maximum Gasteiger partial charge on any atom is 0.394 e. The molecule has 0 unspecified atom stereocenters. The van der Waals surface area contributed by atoms with Crippen LogP contribution in [-0.4, -0.2) is 16.0 Å². The summed E-state index contributed by atoms with van der Waals surface area (Å²) in [5.41, 5.74) is 0.0175. The van der Waals surface area contributed by atoms with Crippen molar-refractivity contribution in [2.75, 3.05) is 0 Å². The highest BCUT2D eigenvalue weighted by Crippen LogP contribution is 2.62. The van der Waals surface area contributed by atoms with Crippen LogP contribution in [0.3, 0.4) is 0 Å². The third-order valence-electron chi connectivity index (χ3n) is 5.93. The van der Waals surface area contributed by atoms with Crippen molar-refractivity contribution in [2.45, 2.75) is 106 Å². The zero-order chi connectivity index (χ0) is 21.9. The van der Waals surface area contributed by atoms with Gasteiger partial charge in [-0.05, 0) is 63.4 Å². The molecule has 0 radical (unpaired) electrons. The quantitative estimate of drug-likeness (QED) is 0.504. The highest BCUT2D eigenvalue weighted by Gasteiger charge is 2.64. The number of rotatable bonds is 3. The Morgan fingerprint density at radius 2 is 1.50 bits per heavy atom. The Morgan fingerprint density at radius 3 is 1.61 bits per heavy atom. The fourth-order valence-corrected chi connectivity index (χ4v) is 3.11. The lowest BCUT2D eigenvalue weighted by Gasteiger charge is -2.22. The Balaban J connectivity index is 0.000000221. The van der Waals surface area contributed by atoms with Crippen LogP contribution in [0, 0.1) is 23.2 Å². The molecule has 2 aliphatic carbocycles. The van der Waals surface area contributed by atoms with E-state index in [2.05, 4.69) is 59.6 Å². The summed E-state index contributed by atoms with van der Waals surface area (Å²) in [6.07, 6.45) is 1.73. The van der Waals surface area contributed by atoms with Crippen LogP contribution < -0.4 is 0 Å². The van der Waals surface area contributed by atoms with Gasteiger partial charge in [-0.3, -0.25) is 4.68 Å². The average molecular weight is 403 g/mol. The molecule has 0 amide bonds. The molecule has 1 heterocycles. The molecule has 0 spiro atoms. The van der Waals surface area contributed by atoms with Crippen LogP contribution in [0.4, 0.5) is 13.2 Å². The minimum atomic E-state index is -3.97. The van der Waals surface area contributed by atoms with Gasteiger partial charge in [0.05, 0.1) is 11.1 Å². The molecule has 164 valence electrons. The molecule has 1 aromatic heterocycles. The van der Waals surface area contributed by atoms with E-state index in [0.29, 0.717) is 18.9 Å². The van der Waals surface area contributed by atoms with Gasteiger partial charge >= 0.3 is 6.18 Å². The molecule has 5 heteroatoms. The normalized spacial score (nSPS) is 18.5. The van der Waals surface area contributed by atoms with Crippen LogP contribution in [0.15, 0.2) is 12.3 Å². The zero-order valence-corrected chi connectivity index (χ0v) is 19.3. The maximum absolute atomic E-state index is 12.1. The van der Waals surface area contributed by atoms with E-state index >= 15 is 0 Å². The zero-order valence-electron chi connectivity index (χ0n) is 19.3. The van der Waals surface area contributed by atoms with E-state index in [4.69, 9.17) is 0 Å². The molecular weight excluding hydrogens is 361 g/mol. The van der Waals surface area contributed by atoms with E-state index in [-0.39, 0.29) is 11.3 Å². The van der Waals surface area contributed by atoms with Crippen LogP contribution in [0.25, 0.3) is 0 Å². The van der Waals surface area contributed by atoms with E-state index in [0.717, 1.165) is 17.5 Å². The van der Waals surface area contributed by atoms with Crippen LogP contribution >= 0.6 is 0 Å². The van der Waals surface area contributed by atoms with Gasteiger partial charge < -0.3 is 0 Å². The number of alkyl halides is 3. The molecule has 1 aromatic rings. The van der Waals surface area contributed by atoms with Crippen molar-refractivity contribution in [3.8, 4) is 0 Å². The highest BCUT2D eigenvalue weighted by molar-refractivity contribution is 5.10. The van der Waals surface area contributed by atoms with Crippen molar-refractivity contribution in [1.29, 1.82) is 0 Å². The second kappa shape index (κ2) is 9.21. The fraction of sp³-hybridized carbons (Fsp3) is 0.870.